The first-order valence-electron chi connectivity index (χ1n) is 10.5. The number of halogens is 1. The van der Waals surface area contributed by atoms with Gasteiger partial charge in [0.05, 0.1) is 10.6 Å². The van der Waals surface area contributed by atoms with Crippen LogP contribution >= 0.6 is 11.6 Å². The number of amidine groups is 1. The molecule has 164 valence electrons. The Morgan fingerprint density at radius 2 is 1.81 bits per heavy atom. The molecule has 1 saturated heterocycles. The Labute approximate surface area is 192 Å². The lowest BCUT2D eigenvalue weighted by Crippen LogP contribution is -2.46. The highest BCUT2D eigenvalue weighted by molar-refractivity contribution is 6.30. The van der Waals surface area contributed by atoms with Crippen molar-refractivity contribution in [2.24, 2.45) is 0 Å². The second kappa shape index (κ2) is 10.3. The molecule has 0 spiro atoms. The summed E-state index contributed by atoms with van der Waals surface area (Å²) in [6.07, 6.45) is 1.49. The minimum atomic E-state index is -0.247. The van der Waals surface area contributed by atoms with Crippen molar-refractivity contribution in [1.29, 1.82) is 5.41 Å². The molecular weight excluding hydrogens is 424 g/mol. The summed E-state index contributed by atoms with van der Waals surface area (Å²) in [4.78, 5) is 19.0. The van der Waals surface area contributed by atoms with Gasteiger partial charge in [-0.1, -0.05) is 48.0 Å². The predicted octanol–water partition coefficient (Wildman–Crippen LogP) is 3.83. The van der Waals surface area contributed by atoms with Crippen LogP contribution in [0.25, 0.3) is 0 Å². The molecule has 1 aliphatic rings. The van der Waals surface area contributed by atoms with Crippen LogP contribution in [0.4, 0.5) is 11.5 Å². The fraction of sp³-hybridized carbons (Fsp3) is 0.208. The van der Waals surface area contributed by atoms with Crippen molar-refractivity contribution in [2.45, 2.75) is 6.54 Å². The molecule has 0 saturated carbocycles. The second-order valence-electron chi connectivity index (χ2n) is 7.50. The Bertz CT molecular complexity index is 1080. The first-order chi connectivity index (χ1) is 15.6. The summed E-state index contributed by atoms with van der Waals surface area (Å²) in [6, 6.07) is 18.7. The Kier molecular flexibility index (Phi) is 6.99. The van der Waals surface area contributed by atoms with Crippen LogP contribution in [0.2, 0.25) is 5.02 Å². The van der Waals surface area contributed by atoms with E-state index in [0.717, 1.165) is 43.0 Å². The van der Waals surface area contributed by atoms with Gasteiger partial charge in [0.2, 0.25) is 0 Å². The number of pyridine rings is 1. The molecule has 3 aromatic rings. The zero-order valence-corrected chi connectivity index (χ0v) is 18.3. The maximum Gasteiger partial charge on any atom is 0.258 e. The minimum absolute atomic E-state index is 0.247. The predicted molar refractivity (Wildman–Crippen MR) is 129 cm³/mol. The fourth-order valence-corrected chi connectivity index (χ4v) is 3.63. The fourth-order valence-electron chi connectivity index (χ4n) is 3.52. The van der Waals surface area contributed by atoms with Gasteiger partial charge in [0, 0.05) is 50.2 Å². The van der Waals surface area contributed by atoms with E-state index in [4.69, 9.17) is 17.0 Å². The monoisotopic (exact) mass is 448 g/mol. The van der Waals surface area contributed by atoms with Crippen LogP contribution in [-0.4, -0.2) is 47.8 Å². The number of nitrogens with one attached hydrogen (secondary N) is 4. The average molecular weight is 449 g/mol. The topological polar surface area (TPSA) is 93.1 Å². The molecule has 0 unspecified atom stereocenters. The van der Waals surface area contributed by atoms with E-state index in [1.165, 1.54) is 6.20 Å². The van der Waals surface area contributed by atoms with Crippen LogP contribution in [0.15, 0.2) is 66.9 Å². The number of nitrogens with zero attached hydrogens (tertiary/aromatic N) is 2. The lowest BCUT2D eigenvalue weighted by molar-refractivity contribution is 0.102. The number of carbonyl (C=O) groups is 1. The number of para-hydroxylation sites is 1. The summed E-state index contributed by atoms with van der Waals surface area (Å²) in [5, 5.41) is 18.4. The molecule has 1 aliphatic heterocycles. The Balaban J connectivity index is 1.39. The number of hydrogen-bond donors (Lipinski definition) is 4. The first-order valence-corrected chi connectivity index (χ1v) is 10.9. The van der Waals surface area contributed by atoms with E-state index in [1.807, 2.05) is 42.5 Å². The molecule has 4 N–H and O–H groups in total. The quantitative estimate of drug-likeness (QED) is 0.339. The maximum atomic E-state index is 12.7. The van der Waals surface area contributed by atoms with Crippen molar-refractivity contribution < 1.29 is 4.79 Å². The van der Waals surface area contributed by atoms with Gasteiger partial charge in [0.25, 0.3) is 5.91 Å². The lowest BCUT2D eigenvalue weighted by atomic mass is 10.1. The molecule has 4 rings (SSSR count). The second-order valence-corrected chi connectivity index (χ2v) is 7.93. The van der Waals surface area contributed by atoms with Crippen molar-refractivity contribution in [3.05, 3.63) is 88.6 Å². The Morgan fingerprint density at radius 1 is 1.06 bits per heavy atom. The molecule has 2 aromatic carbocycles. The van der Waals surface area contributed by atoms with Crippen molar-refractivity contribution in [3.8, 4) is 0 Å². The highest BCUT2D eigenvalue weighted by Gasteiger charge is 2.15. The highest BCUT2D eigenvalue weighted by atomic mass is 35.5. The van der Waals surface area contributed by atoms with Crippen LogP contribution in [0, 0.1) is 5.41 Å². The van der Waals surface area contributed by atoms with Gasteiger partial charge >= 0.3 is 0 Å². The van der Waals surface area contributed by atoms with Crippen molar-refractivity contribution in [3.63, 3.8) is 0 Å². The third-order valence-electron chi connectivity index (χ3n) is 5.28. The van der Waals surface area contributed by atoms with Crippen LogP contribution < -0.4 is 16.0 Å². The highest BCUT2D eigenvalue weighted by Crippen LogP contribution is 2.19. The normalized spacial score (nSPS) is 13.5. The van der Waals surface area contributed by atoms with Gasteiger partial charge < -0.3 is 20.9 Å². The number of anilines is 2. The smallest absolute Gasteiger partial charge is 0.258 e. The van der Waals surface area contributed by atoms with Crippen molar-refractivity contribution in [1.82, 2.24) is 15.2 Å². The van der Waals surface area contributed by atoms with Gasteiger partial charge in [-0.25, -0.2) is 4.98 Å². The van der Waals surface area contributed by atoms with Crippen LogP contribution in [0.1, 0.15) is 21.5 Å². The molecule has 1 amide bonds. The van der Waals surface area contributed by atoms with E-state index in [0.29, 0.717) is 28.8 Å². The first kappa shape index (κ1) is 21.8. The van der Waals surface area contributed by atoms with Gasteiger partial charge in [-0.05, 0) is 29.8 Å². The zero-order chi connectivity index (χ0) is 22.3. The minimum Gasteiger partial charge on any atom is -0.380 e. The molecule has 32 heavy (non-hydrogen) atoms. The molecule has 8 heteroatoms. The maximum absolute atomic E-state index is 12.7. The summed E-state index contributed by atoms with van der Waals surface area (Å²) in [6.45, 7) is 4.08. The number of aromatic nitrogens is 1. The summed E-state index contributed by atoms with van der Waals surface area (Å²) < 4.78 is 0. The molecule has 0 bridgehead atoms. The number of rotatable bonds is 6. The van der Waals surface area contributed by atoms with Crippen LogP contribution in [0.5, 0.6) is 0 Å². The van der Waals surface area contributed by atoms with Gasteiger partial charge in [0.1, 0.15) is 11.7 Å². The molecule has 1 fully saturated rings. The molecule has 0 atom stereocenters. The average Bonchev–Trinajstić information content (AvgIpc) is 2.85. The third kappa shape index (κ3) is 5.43. The lowest BCUT2D eigenvalue weighted by Gasteiger charge is -2.29. The summed E-state index contributed by atoms with van der Waals surface area (Å²) in [7, 11) is 0. The molecule has 0 radical (unpaired) electrons. The summed E-state index contributed by atoms with van der Waals surface area (Å²) >= 11 is 5.85. The standard InChI is InChI=1S/C24H25ClN6O/c25-19-9-10-22(29-16-19)30-24(32)20-3-1-2-4-21(20)28-15-17-5-7-18(8-6-17)23(26)31-13-11-27-12-14-31/h1-10,16,26-28H,11-15H2,(H,29,30,32). The van der Waals surface area contributed by atoms with Gasteiger partial charge in [-0.15, -0.1) is 0 Å². The SMILES string of the molecule is N=C(c1ccc(CNc2ccccc2C(=O)Nc2ccc(Cl)cn2)cc1)N1CCNCC1. The number of amides is 1. The van der Waals surface area contributed by atoms with E-state index >= 15 is 0 Å². The van der Waals surface area contributed by atoms with Crippen LogP contribution in [-0.2, 0) is 6.54 Å². The van der Waals surface area contributed by atoms with Crippen molar-refractivity contribution >= 4 is 34.8 Å². The Morgan fingerprint density at radius 3 is 2.53 bits per heavy atom. The number of benzene rings is 2. The van der Waals surface area contributed by atoms with E-state index < -0.39 is 0 Å². The van der Waals surface area contributed by atoms with E-state index in [9.17, 15) is 4.79 Å². The van der Waals surface area contributed by atoms with Gasteiger partial charge in [-0.3, -0.25) is 10.2 Å². The van der Waals surface area contributed by atoms with E-state index in [1.54, 1.807) is 18.2 Å². The van der Waals surface area contributed by atoms with Gasteiger partial charge in [0.15, 0.2) is 0 Å². The van der Waals surface area contributed by atoms with E-state index in [-0.39, 0.29) is 5.91 Å². The summed E-state index contributed by atoms with van der Waals surface area (Å²) in [5.74, 6) is 0.753. The number of piperazine rings is 1. The number of hydrogen-bond acceptors (Lipinski definition) is 5. The summed E-state index contributed by atoms with van der Waals surface area (Å²) in [5.41, 5.74) is 3.24. The van der Waals surface area contributed by atoms with E-state index in [2.05, 4.69) is 25.8 Å². The molecule has 7 nitrogen and oxygen atoms in total. The molecule has 0 aliphatic carbocycles. The Hall–Kier alpha value is -3.42. The molecular formula is C24H25ClN6O. The van der Waals surface area contributed by atoms with Crippen molar-refractivity contribution in [2.75, 3.05) is 36.8 Å². The zero-order valence-electron chi connectivity index (χ0n) is 17.6. The molecule has 2 heterocycles. The molecule has 1 aromatic heterocycles. The largest absolute Gasteiger partial charge is 0.380 e. The van der Waals surface area contributed by atoms with Crippen LogP contribution in [0.3, 0.4) is 0 Å². The number of carbonyl (C=O) groups excluding carboxylic acids is 1. The van der Waals surface area contributed by atoms with Gasteiger partial charge in [-0.2, -0.15) is 0 Å². The third-order valence-corrected chi connectivity index (χ3v) is 5.51.